The SMILES string of the molecule is Cc1c(Cl)ccc(C(N)Cn2ccnc2)c1Cl. The Hall–Kier alpha value is -1.03. The van der Waals surface area contributed by atoms with Crippen molar-refractivity contribution in [3.8, 4) is 0 Å². The second kappa shape index (κ2) is 5.08. The fraction of sp³-hybridized carbons (Fsp3) is 0.250. The van der Waals surface area contributed by atoms with Crippen LogP contribution in [0.15, 0.2) is 30.9 Å². The molecule has 0 fully saturated rings. The Morgan fingerprint density at radius 2 is 2.18 bits per heavy atom. The van der Waals surface area contributed by atoms with Crippen molar-refractivity contribution in [2.75, 3.05) is 0 Å². The smallest absolute Gasteiger partial charge is 0.0946 e. The molecule has 0 spiro atoms. The molecule has 1 heterocycles. The number of aromatic nitrogens is 2. The average Bonchev–Trinajstić information content (AvgIpc) is 2.78. The fourth-order valence-corrected chi connectivity index (χ4v) is 2.20. The molecule has 2 aromatic rings. The van der Waals surface area contributed by atoms with Gasteiger partial charge in [0.25, 0.3) is 0 Å². The number of halogens is 2. The van der Waals surface area contributed by atoms with Crippen molar-refractivity contribution in [2.45, 2.75) is 19.5 Å². The molecule has 0 aliphatic rings. The largest absolute Gasteiger partial charge is 0.336 e. The molecular weight excluding hydrogens is 257 g/mol. The molecule has 2 rings (SSSR count). The van der Waals surface area contributed by atoms with Gasteiger partial charge in [0.2, 0.25) is 0 Å². The lowest BCUT2D eigenvalue weighted by atomic mass is 10.0. The zero-order chi connectivity index (χ0) is 12.4. The predicted octanol–water partition coefficient (Wildman–Crippen LogP) is 3.20. The molecule has 0 aliphatic heterocycles. The predicted molar refractivity (Wildman–Crippen MR) is 70.4 cm³/mol. The number of hydrogen-bond donors (Lipinski definition) is 1. The third kappa shape index (κ3) is 2.63. The number of imidazole rings is 1. The summed E-state index contributed by atoms with van der Waals surface area (Å²) in [6.45, 7) is 2.53. The number of rotatable bonds is 3. The van der Waals surface area contributed by atoms with Gasteiger partial charge in [-0.2, -0.15) is 0 Å². The van der Waals surface area contributed by atoms with Crippen molar-refractivity contribution in [1.82, 2.24) is 9.55 Å². The zero-order valence-electron chi connectivity index (χ0n) is 9.40. The lowest BCUT2D eigenvalue weighted by molar-refractivity contribution is 0.576. The molecule has 0 aliphatic carbocycles. The van der Waals surface area contributed by atoms with Gasteiger partial charge in [0.15, 0.2) is 0 Å². The summed E-state index contributed by atoms with van der Waals surface area (Å²) < 4.78 is 1.92. The maximum absolute atomic E-state index is 6.24. The van der Waals surface area contributed by atoms with Crippen LogP contribution in [0.2, 0.25) is 10.0 Å². The molecule has 2 N–H and O–H groups in total. The quantitative estimate of drug-likeness (QED) is 0.930. The molecule has 0 amide bonds. The van der Waals surface area contributed by atoms with Crippen LogP contribution in [-0.2, 0) is 6.54 Å². The minimum atomic E-state index is -0.173. The Balaban J connectivity index is 2.25. The van der Waals surface area contributed by atoms with E-state index in [1.54, 1.807) is 12.5 Å². The highest BCUT2D eigenvalue weighted by Gasteiger charge is 2.13. The Morgan fingerprint density at radius 3 is 2.82 bits per heavy atom. The van der Waals surface area contributed by atoms with Gasteiger partial charge >= 0.3 is 0 Å². The van der Waals surface area contributed by atoms with Gasteiger partial charge in [-0.15, -0.1) is 0 Å². The van der Waals surface area contributed by atoms with Crippen LogP contribution in [0.1, 0.15) is 17.2 Å². The standard InChI is InChI=1S/C12H13Cl2N3/c1-8-10(13)3-2-9(12(8)14)11(15)6-17-5-4-16-7-17/h2-5,7,11H,6,15H2,1H3. The second-order valence-electron chi connectivity index (χ2n) is 3.94. The van der Waals surface area contributed by atoms with E-state index in [9.17, 15) is 0 Å². The van der Waals surface area contributed by atoms with Gasteiger partial charge in [-0.25, -0.2) is 4.98 Å². The van der Waals surface area contributed by atoms with Crippen LogP contribution >= 0.6 is 23.2 Å². The molecule has 17 heavy (non-hydrogen) atoms. The molecule has 0 saturated heterocycles. The summed E-state index contributed by atoms with van der Waals surface area (Å²) >= 11 is 12.2. The first-order valence-electron chi connectivity index (χ1n) is 5.25. The molecule has 1 unspecified atom stereocenters. The van der Waals surface area contributed by atoms with Crippen LogP contribution in [0, 0.1) is 6.92 Å². The minimum absolute atomic E-state index is 0.173. The summed E-state index contributed by atoms with van der Waals surface area (Å²) in [4.78, 5) is 3.98. The molecule has 1 aromatic carbocycles. The van der Waals surface area contributed by atoms with Crippen LogP contribution in [0.5, 0.6) is 0 Å². The van der Waals surface area contributed by atoms with Crippen molar-refractivity contribution < 1.29 is 0 Å². The van der Waals surface area contributed by atoms with E-state index in [4.69, 9.17) is 28.9 Å². The van der Waals surface area contributed by atoms with Crippen molar-refractivity contribution in [3.05, 3.63) is 52.0 Å². The van der Waals surface area contributed by atoms with Crippen LogP contribution in [-0.4, -0.2) is 9.55 Å². The maximum Gasteiger partial charge on any atom is 0.0946 e. The Bertz CT molecular complexity index is 509. The molecule has 0 bridgehead atoms. The topological polar surface area (TPSA) is 43.8 Å². The first kappa shape index (κ1) is 12.4. The van der Waals surface area contributed by atoms with Crippen molar-refractivity contribution in [3.63, 3.8) is 0 Å². The van der Waals surface area contributed by atoms with Gasteiger partial charge in [0.1, 0.15) is 0 Å². The van der Waals surface area contributed by atoms with Crippen LogP contribution in [0.3, 0.4) is 0 Å². The van der Waals surface area contributed by atoms with E-state index in [0.717, 1.165) is 11.1 Å². The second-order valence-corrected chi connectivity index (χ2v) is 4.73. The van der Waals surface area contributed by atoms with E-state index in [-0.39, 0.29) is 6.04 Å². The normalized spacial score (nSPS) is 12.7. The molecule has 90 valence electrons. The number of nitrogens with two attached hydrogens (primary N) is 1. The summed E-state index contributed by atoms with van der Waals surface area (Å²) in [5.74, 6) is 0. The highest BCUT2D eigenvalue weighted by molar-refractivity contribution is 6.36. The molecule has 1 aromatic heterocycles. The first-order valence-corrected chi connectivity index (χ1v) is 6.01. The van der Waals surface area contributed by atoms with Crippen molar-refractivity contribution in [1.29, 1.82) is 0 Å². The third-order valence-corrected chi connectivity index (χ3v) is 3.63. The van der Waals surface area contributed by atoms with E-state index in [0.29, 0.717) is 16.6 Å². The van der Waals surface area contributed by atoms with Crippen LogP contribution in [0.4, 0.5) is 0 Å². The molecular formula is C12H13Cl2N3. The van der Waals surface area contributed by atoms with E-state index < -0.39 is 0 Å². The molecule has 1 atom stereocenters. The maximum atomic E-state index is 6.24. The molecule has 0 saturated carbocycles. The fourth-order valence-electron chi connectivity index (χ4n) is 1.69. The van der Waals surface area contributed by atoms with Gasteiger partial charge in [-0.1, -0.05) is 29.3 Å². The number of nitrogens with zero attached hydrogens (tertiary/aromatic N) is 2. The summed E-state index contributed by atoms with van der Waals surface area (Å²) in [6.07, 6.45) is 5.33. The number of benzene rings is 1. The Morgan fingerprint density at radius 1 is 1.41 bits per heavy atom. The van der Waals surface area contributed by atoms with Crippen molar-refractivity contribution >= 4 is 23.2 Å². The van der Waals surface area contributed by atoms with E-state index in [1.165, 1.54) is 0 Å². The Kier molecular flexibility index (Phi) is 3.72. The summed E-state index contributed by atoms with van der Waals surface area (Å²) in [5.41, 5.74) is 7.90. The molecule has 5 heteroatoms. The summed E-state index contributed by atoms with van der Waals surface area (Å²) in [5, 5.41) is 1.30. The highest BCUT2D eigenvalue weighted by atomic mass is 35.5. The first-order chi connectivity index (χ1) is 8.09. The highest BCUT2D eigenvalue weighted by Crippen LogP contribution is 2.30. The zero-order valence-corrected chi connectivity index (χ0v) is 10.9. The average molecular weight is 270 g/mol. The van der Waals surface area contributed by atoms with Crippen molar-refractivity contribution in [2.24, 2.45) is 5.73 Å². The lowest BCUT2D eigenvalue weighted by Gasteiger charge is -2.16. The summed E-state index contributed by atoms with van der Waals surface area (Å²) in [7, 11) is 0. The molecule has 3 nitrogen and oxygen atoms in total. The van der Waals surface area contributed by atoms with Gasteiger partial charge in [-0.05, 0) is 24.1 Å². The lowest BCUT2D eigenvalue weighted by Crippen LogP contribution is -2.17. The van der Waals surface area contributed by atoms with Gasteiger partial charge in [0, 0.05) is 35.0 Å². The van der Waals surface area contributed by atoms with Crippen LogP contribution < -0.4 is 5.73 Å². The Labute approximate surface area is 110 Å². The number of hydrogen-bond acceptors (Lipinski definition) is 2. The monoisotopic (exact) mass is 269 g/mol. The van der Waals surface area contributed by atoms with E-state index in [1.807, 2.05) is 29.8 Å². The van der Waals surface area contributed by atoms with Gasteiger partial charge < -0.3 is 10.3 Å². The van der Waals surface area contributed by atoms with Crippen LogP contribution in [0.25, 0.3) is 0 Å². The van der Waals surface area contributed by atoms with Gasteiger partial charge in [0.05, 0.1) is 6.33 Å². The van der Waals surface area contributed by atoms with E-state index in [2.05, 4.69) is 4.98 Å². The minimum Gasteiger partial charge on any atom is -0.336 e. The van der Waals surface area contributed by atoms with Gasteiger partial charge in [-0.3, -0.25) is 0 Å². The van der Waals surface area contributed by atoms with E-state index >= 15 is 0 Å². The molecule has 0 radical (unpaired) electrons. The summed E-state index contributed by atoms with van der Waals surface area (Å²) in [6, 6.07) is 3.53. The third-order valence-electron chi connectivity index (χ3n) is 2.72.